The molecule has 1 aromatic carbocycles. The van der Waals surface area contributed by atoms with Gasteiger partial charge in [0.2, 0.25) is 0 Å². The van der Waals surface area contributed by atoms with E-state index in [-0.39, 0.29) is 5.82 Å². The van der Waals surface area contributed by atoms with Gasteiger partial charge in [0.25, 0.3) is 0 Å². The number of hydrogen-bond donors (Lipinski definition) is 2. The van der Waals surface area contributed by atoms with Gasteiger partial charge in [-0.3, -0.25) is 4.98 Å². The van der Waals surface area contributed by atoms with Gasteiger partial charge in [-0.15, -0.1) is 0 Å². The minimum Gasteiger partial charge on any atom is -0.397 e. The Morgan fingerprint density at radius 3 is 2.83 bits per heavy atom. The monoisotopic (exact) mass is 245 g/mol. The van der Waals surface area contributed by atoms with Crippen LogP contribution < -0.4 is 11.1 Å². The average molecular weight is 245 g/mol. The molecule has 1 heterocycles. The number of benzene rings is 1. The molecule has 0 bridgehead atoms. The van der Waals surface area contributed by atoms with Crippen molar-refractivity contribution in [2.75, 3.05) is 17.6 Å². The van der Waals surface area contributed by atoms with E-state index in [0.717, 1.165) is 29.8 Å². The van der Waals surface area contributed by atoms with Crippen molar-refractivity contribution >= 4 is 11.4 Å². The molecule has 0 aliphatic rings. The number of nitrogens with two attached hydrogens (primary N) is 1. The van der Waals surface area contributed by atoms with E-state index < -0.39 is 0 Å². The summed E-state index contributed by atoms with van der Waals surface area (Å²) in [5, 5.41) is 3.24. The zero-order valence-electron chi connectivity index (χ0n) is 10.3. The molecule has 3 nitrogen and oxygen atoms in total. The smallest absolute Gasteiger partial charge is 0.123 e. The van der Waals surface area contributed by atoms with Crippen molar-refractivity contribution in [1.82, 2.24) is 4.98 Å². The highest BCUT2D eigenvalue weighted by molar-refractivity contribution is 5.51. The standard InChI is InChI=1S/C14H16FN3/c1-10-6-12(15)3-2-11(10)4-5-18-14-7-13(16)8-17-9-14/h2-3,6-9,18H,4-5,16H2,1H3. The zero-order chi connectivity index (χ0) is 13.0. The first-order chi connectivity index (χ1) is 8.65. The van der Waals surface area contributed by atoms with Crippen molar-refractivity contribution in [3.63, 3.8) is 0 Å². The lowest BCUT2D eigenvalue weighted by Crippen LogP contribution is -2.06. The molecule has 0 amide bonds. The number of nitrogens with one attached hydrogen (secondary N) is 1. The predicted molar refractivity (Wildman–Crippen MR) is 72.0 cm³/mol. The van der Waals surface area contributed by atoms with Crippen LogP contribution in [-0.4, -0.2) is 11.5 Å². The third-order valence-electron chi connectivity index (χ3n) is 2.79. The Morgan fingerprint density at radius 1 is 1.28 bits per heavy atom. The van der Waals surface area contributed by atoms with Crippen LogP contribution in [0.25, 0.3) is 0 Å². The van der Waals surface area contributed by atoms with Gasteiger partial charge in [-0.05, 0) is 42.7 Å². The maximum atomic E-state index is 12.9. The molecule has 0 fully saturated rings. The van der Waals surface area contributed by atoms with Crippen molar-refractivity contribution in [3.05, 3.63) is 53.6 Å². The second-order valence-electron chi connectivity index (χ2n) is 4.25. The minimum absolute atomic E-state index is 0.191. The fourth-order valence-corrected chi connectivity index (χ4v) is 1.84. The van der Waals surface area contributed by atoms with Gasteiger partial charge in [-0.2, -0.15) is 0 Å². The van der Waals surface area contributed by atoms with Crippen molar-refractivity contribution in [1.29, 1.82) is 0 Å². The van der Waals surface area contributed by atoms with Crippen LogP contribution in [0.1, 0.15) is 11.1 Å². The molecule has 1 aromatic heterocycles. The second-order valence-corrected chi connectivity index (χ2v) is 4.25. The van der Waals surface area contributed by atoms with Gasteiger partial charge >= 0.3 is 0 Å². The summed E-state index contributed by atoms with van der Waals surface area (Å²) in [4.78, 5) is 4.00. The molecule has 0 unspecified atom stereocenters. The average Bonchev–Trinajstić information content (AvgIpc) is 2.32. The molecule has 0 radical (unpaired) electrons. The van der Waals surface area contributed by atoms with Crippen LogP contribution in [0.4, 0.5) is 15.8 Å². The van der Waals surface area contributed by atoms with Gasteiger partial charge in [-0.1, -0.05) is 6.07 Å². The van der Waals surface area contributed by atoms with E-state index in [1.54, 1.807) is 18.5 Å². The first kappa shape index (κ1) is 12.4. The van der Waals surface area contributed by atoms with E-state index >= 15 is 0 Å². The van der Waals surface area contributed by atoms with Gasteiger partial charge in [-0.25, -0.2) is 4.39 Å². The number of nitrogens with zero attached hydrogens (tertiary/aromatic N) is 1. The van der Waals surface area contributed by atoms with Crippen molar-refractivity contribution in [3.8, 4) is 0 Å². The lowest BCUT2D eigenvalue weighted by atomic mass is 10.1. The Balaban J connectivity index is 1.92. The molecule has 0 saturated carbocycles. The molecule has 0 atom stereocenters. The zero-order valence-corrected chi connectivity index (χ0v) is 10.3. The van der Waals surface area contributed by atoms with Gasteiger partial charge in [0.15, 0.2) is 0 Å². The Morgan fingerprint density at radius 2 is 2.11 bits per heavy atom. The van der Waals surface area contributed by atoms with Crippen molar-refractivity contribution in [2.45, 2.75) is 13.3 Å². The molecule has 2 rings (SSSR count). The number of aryl methyl sites for hydroxylation is 1. The second kappa shape index (κ2) is 5.49. The molecule has 2 aromatic rings. The number of pyridine rings is 1. The first-order valence-electron chi connectivity index (χ1n) is 5.84. The Kier molecular flexibility index (Phi) is 3.77. The van der Waals surface area contributed by atoms with Crippen LogP contribution >= 0.6 is 0 Å². The quantitative estimate of drug-likeness (QED) is 0.870. The SMILES string of the molecule is Cc1cc(F)ccc1CCNc1cncc(N)c1. The van der Waals surface area contributed by atoms with Crippen LogP contribution in [0.3, 0.4) is 0 Å². The maximum Gasteiger partial charge on any atom is 0.123 e. The van der Waals surface area contributed by atoms with Crippen molar-refractivity contribution < 1.29 is 4.39 Å². The van der Waals surface area contributed by atoms with E-state index in [2.05, 4.69) is 10.3 Å². The minimum atomic E-state index is -0.191. The molecule has 0 spiro atoms. The van der Waals surface area contributed by atoms with Crippen LogP contribution in [0.2, 0.25) is 0 Å². The Hall–Kier alpha value is -2.10. The number of rotatable bonds is 4. The normalized spacial score (nSPS) is 10.3. The topological polar surface area (TPSA) is 50.9 Å². The van der Waals surface area contributed by atoms with Gasteiger partial charge < -0.3 is 11.1 Å². The predicted octanol–water partition coefficient (Wildman–Crippen LogP) is 2.77. The summed E-state index contributed by atoms with van der Waals surface area (Å²) in [6.07, 6.45) is 4.17. The van der Waals surface area contributed by atoms with Crippen LogP contribution in [0.15, 0.2) is 36.7 Å². The fraction of sp³-hybridized carbons (Fsp3) is 0.214. The maximum absolute atomic E-state index is 12.9. The lowest BCUT2D eigenvalue weighted by molar-refractivity contribution is 0.625. The van der Waals surface area contributed by atoms with E-state index in [1.807, 2.05) is 19.1 Å². The molecule has 94 valence electrons. The number of hydrogen-bond acceptors (Lipinski definition) is 3. The number of aromatic nitrogens is 1. The Bertz CT molecular complexity index is 540. The summed E-state index contributed by atoms with van der Waals surface area (Å²) < 4.78 is 12.9. The third-order valence-corrected chi connectivity index (χ3v) is 2.79. The molecular weight excluding hydrogens is 229 g/mol. The van der Waals surface area contributed by atoms with Gasteiger partial charge in [0.1, 0.15) is 5.82 Å². The molecule has 18 heavy (non-hydrogen) atoms. The highest BCUT2D eigenvalue weighted by Gasteiger charge is 2.00. The Labute approximate surface area is 106 Å². The highest BCUT2D eigenvalue weighted by Crippen LogP contribution is 2.12. The largest absolute Gasteiger partial charge is 0.397 e. The molecule has 0 aliphatic carbocycles. The summed E-state index contributed by atoms with van der Waals surface area (Å²) in [6.45, 7) is 2.68. The van der Waals surface area contributed by atoms with E-state index in [0.29, 0.717) is 5.69 Å². The van der Waals surface area contributed by atoms with E-state index in [1.165, 1.54) is 6.07 Å². The molecule has 0 saturated heterocycles. The fourth-order valence-electron chi connectivity index (χ4n) is 1.84. The van der Waals surface area contributed by atoms with Crippen LogP contribution in [0, 0.1) is 12.7 Å². The summed E-state index contributed by atoms with van der Waals surface area (Å²) in [7, 11) is 0. The molecule has 0 aliphatic heterocycles. The summed E-state index contributed by atoms with van der Waals surface area (Å²) in [6, 6.07) is 6.70. The van der Waals surface area contributed by atoms with E-state index in [9.17, 15) is 4.39 Å². The van der Waals surface area contributed by atoms with Crippen LogP contribution in [0.5, 0.6) is 0 Å². The van der Waals surface area contributed by atoms with Crippen LogP contribution in [-0.2, 0) is 6.42 Å². The highest BCUT2D eigenvalue weighted by atomic mass is 19.1. The molecule has 3 N–H and O–H groups in total. The number of nitrogen functional groups attached to an aromatic ring is 1. The van der Waals surface area contributed by atoms with Gasteiger partial charge in [0.05, 0.1) is 17.6 Å². The number of anilines is 2. The van der Waals surface area contributed by atoms with E-state index in [4.69, 9.17) is 5.73 Å². The summed E-state index contributed by atoms with van der Waals surface area (Å²) in [5.41, 5.74) is 9.29. The third kappa shape index (κ3) is 3.20. The lowest BCUT2D eigenvalue weighted by Gasteiger charge is -2.08. The number of halogens is 1. The first-order valence-corrected chi connectivity index (χ1v) is 5.84. The van der Waals surface area contributed by atoms with Gasteiger partial charge in [0, 0.05) is 12.7 Å². The summed E-state index contributed by atoms with van der Waals surface area (Å²) >= 11 is 0. The van der Waals surface area contributed by atoms with Crippen molar-refractivity contribution in [2.24, 2.45) is 0 Å². The molecular formula is C14H16FN3. The summed E-state index contributed by atoms with van der Waals surface area (Å²) in [5.74, 6) is -0.191. The molecule has 4 heteroatoms.